The molecule has 0 radical (unpaired) electrons. The first kappa shape index (κ1) is 17.5. The lowest BCUT2D eigenvalue weighted by Crippen LogP contribution is -2.25. The van der Waals surface area contributed by atoms with E-state index in [2.05, 4.69) is 33.0 Å². The highest BCUT2D eigenvalue weighted by Crippen LogP contribution is 2.20. The Morgan fingerprint density at radius 1 is 0.944 bits per heavy atom. The van der Waals surface area contributed by atoms with Crippen LogP contribution in [0.5, 0.6) is 0 Å². The highest BCUT2D eigenvalue weighted by molar-refractivity contribution is 5.75. The standard InChI is InChI=1S/C16H33NO/c1-5-6-7-8-9-10-11-14-17-15(18)12-13-16(2,3)4/h5-14H2,1-4H3,(H,17,18). The van der Waals surface area contributed by atoms with E-state index in [1.807, 2.05) is 0 Å². The first-order chi connectivity index (χ1) is 8.45. The third-order valence-electron chi connectivity index (χ3n) is 3.20. The quantitative estimate of drug-likeness (QED) is 0.564. The van der Waals surface area contributed by atoms with Crippen LogP contribution in [0, 0.1) is 5.41 Å². The minimum Gasteiger partial charge on any atom is -0.356 e. The zero-order valence-corrected chi connectivity index (χ0v) is 13.0. The molecule has 0 aromatic carbocycles. The normalized spacial score (nSPS) is 11.6. The number of hydrogen-bond acceptors (Lipinski definition) is 1. The van der Waals surface area contributed by atoms with Crippen LogP contribution in [-0.2, 0) is 4.79 Å². The largest absolute Gasteiger partial charge is 0.356 e. The molecular formula is C16H33NO. The van der Waals surface area contributed by atoms with Crippen LogP contribution in [0.2, 0.25) is 0 Å². The summed E-state index contributed by atoms with van der Waals surface area (Å²) in [6, 6.07) is 0. The number of nitrogens with one attached hydrogen (secondary N) is 1. The zero-order chi connectivity index (χ0) is 13.9. The molecule has 0 aliphatic rings. The fraction of sp³-hybridized carbons (Fsp3) is 0.938. The summed E-state index contributed by atoms with van der Waals surface area (Å²) in [6.45, 7) is 9.63. The van der Waals surface area contributed by atoms with Gasteiger partial charge in [0.15, 0.2) is 0 Å². The lowest BCUT2D eigenvalue weighted by Gasteiger charge is -2.17. The van der Waals surface area contributed by atoms with Gasteiger partial charge in [-0.05, 0) is 18.3 Å². The van der Waals surface area contributed by atoms with E-state index in [9.17, 15) is 4.79 Å². The highest BCUT2D eigenvalue weighted by atomic mass is 16.1. The molecule has 0 heterocycles. The van der Waals surface area contributed by atoms with Crippen molar-refractivity contribution in [2.24, 2.45) is 5.41 Å². The summed E-state index contributed by atoms with van der Waals surface area (Å²) in [5.74, 6) is 0.218. The average molecular weight is 255 g/mol. The molecule has 18 heavy (non-hydrogen) atoms. The molecule has 0 aliphatic carbocycles. The first-order valence-corrected chi connectivity index (χ1v) is 7.72. The van der Waals surface area contributed by atoms with Gasteiger partial charge in [0.05, 0.1) is 0 Å². The van der Waals surface area contributed by atoms with E-state index in [1.54, 1.807) is 0 Å². The van der Waals surface area contributed by atoms with Crippen molar-refractivity contribution in [3.63, 3.8) is 0 Å². The van der Waals surface area contributed by atoms with Crippen molar-refractivity contribution in [3.8, 4) is 0 Å². The Morgan fingerprint density at radius 2 is 1.50 bits per heavy atom. The van der Waals surface area contributed by atoms with Gasteiger partial charge < -0.3 is 5.32 Å². The highest BCUT2D eigenvalue weighted by Gasteiger charge is 2.12. The predicted octanol–water partition coefficient (Wildman–Crippen LogP) is 4.68. The lowest BCUT2D eigenvalue weighted by molar-refractivity contribution is -0.121. The van der Waals surface area contributed by atoms with E-state index in [0.717, 1.165) is 19.4 Å². The van der Waals surface area contributed by atoms with Crippen LogP contribution in [-0.4, -0.2) is 12.5 Å². The second kappa shape index (κ2) is 10.4. The summed E-state index contributed by atoms with van der Waals surface area (Å²) < 4.78 is 0. The van der Waals surface area contributed by atoms with Crippen molar-refractivity contribution in [1.29, 1.82) is 0 Å². The maximum absolute atomic E-state index is 11.6. The summed E-state index contributed by atoms with van der Waals surface area (Å²) in [5, 5.41) is 3.02. The molecule has 0 spiro atoms. The SMILES string of the molecule is CCCCCCCCCNC(=O)CCC(C)(C)C. The Morgan fingerprint density at radius 3 is 2.06 bits per heavy atom. The molecule has 0 aromatic rings. The molecule has 1 N–H and O–H groups in total. The first-order valence-electron chi connectivity index (χ1n) is 7.72. The fourth-order valence-corrected chi connectivity index (χ4v) is 1.89. The van der Waals surface area contributed by atoms with Crippen LogP contribution in [0.25, 0.3) is 0 Å². The fourth-order valence-electron chi connectivity index (χ4n) is 1.89. The predicted molar refractivity (Wildman–Crippen MR) is 79.7 cm³/mol. The van der Waals surface area contributed by atoms with Gasteiger partial charge in [-0.1, -0.05) is 66.2 Å². The van der Waals surface area contributed by atoms with Gasteiger partial charge in [-0.3, -0.25) is 4.79 Å². The number of carbonyl (C=O) groups excluding carboxylic acids is 1. The van der Waals surface area contributed by atoms with Crippen molar-refractivity contribution in [2.75, 3.05) is 6.54 Å². The van der Waals surface area contributed by atoms with Crippen LogP contribution in [0.1, 0.15) is 85.5 Å². The van der Waals surface area contributed by atoms with E-state index in [4.69, 9.17) is 0 Å². The molecule has 0 aliphatic heterocycles. The van der Waals surface area contributed by atoms with E-state index < -0.39 is 0 Å². The minimum absolute atomic E-state index is 0.218. The second-order valence-electron chi connectivity index (χ2n) is 6.53. The summed E-state index contributed by atoms with van der Waals surface area (Å²) in [4.78, 5) is 11.6. The maximum atomic E-state index is 11.6. The molecule has 1 amide bonds. The molecule has 0 rings (SSSR count). The van der Waals surface area contributed by atoms with Crippen LogP contribution in [0.4, 0.5) is 0 Å². The summed E-state index contributed by atoms with van der Waals surface area (Å²) in [7, 11) is 0. The van der Waals surface area contributed by atoms with Gasteiger partial charge in [-0.15, -0.1) is 0 Å². The number of carbonyl (C=O) groups is 1. The van der Waals surface area contributed by atoms with E-state index in [0.29, 0.717) is 6.42 Å². The summed E-state index contributed by atoms with van der Waals surface area (Å²) in [5.41, 5.74) is 0.261. The van der Waals surface area contributed by atoms with Crippen molar-refractivity contribution in [3.05, 3.63) is 0 Å². The molecular weight excluding hydrogens is 222 g/mol. The third kappa shape index (κ3) is 13.5. The molecule has 0 bridgehead atoms. The minimum atomic E-state index is 0.218. The Labute approximate surface area is 114 Å². The Balaban J connectivity index is 3.25. The van der Waals surface area contributed by atoms with Gasteiger partial charge in [0.1, 0.15) is 0 Å². The molecule has 2 heteroatoms. The van der Waals surface area contributed by atoms with E-state index in [1.165, 1.54) is 38.5 Å². The van der Waals surface area contributed by atoms with Gasteiger partial charge in [0, 0.05) is 13.0 Å². The van der Waals surface area contributed by atoms with Crippen LogP contribution >= 0.6 is 0 Å². The van der Waals surface area contributed by atoms with Crippen molar-refractivity contribution < 1.29 is 4.79 Å². The van der Waals surface area contributed by atoms with Gasteiger partial charge in [-0.25, -0.2) is 0 Å². The molecule has 108 valence electrons. The van der Waals surface area contributed by atoms with Crippen LogP contribution in [0.3, 0.4) is 0 Å². The van der Waals surface area contributed by atoms with Crippen LogP contribution < -0.4 is 5.32 Å². The average Bonchev–Trinajstić information content (AvgIpc) is 2.29. The summed E-state index contributed by atoms with van der Waals surface area (Å²) in [6.07, 6.45) is 10.7. The molecule has 0 atom stereocenters. The van der Waals surface area contributed by atoms with Gasteiger partial charge in [-0.2, -0.15) is 0 Å². The Kier molecular flexibility index (Phi) is 10.1. The Bertz CT molecular complexity index is 206. The molecule has 0 unspecified atom stereocenters. The van der Waals surface area contributed by atoms with Crippen molar-refractivity contribution in [1.82, 2.24) is 5.32 Å². The second-order valence-corrected chi connectivity index (χ2v) is 6.53. The Hall–Kier alpha value is -0.530. The molecule has 0 aromatic heterocycles. The van der Waals surface area contributed by atoms with Crippen molar-refractivity contribution >= 4 is 5.91 Å². The van der Waals surface area contributed by atoms with Gasteiger partial charge in [0.2, 0.25) is 5.91 Å². The van der Waals surface area contributed by atoms with E-state index >= 15 is 0 Å². The molecule has 0 saturated heterocycles. The zero-order valence-electron chi connectivity index (χ0n) is 13.0. The monoisotopic (exact) mass is 255 g/mol. The number of unbranched alkanes of at least 4 members (excludes halogenated alkanes) is 6. The number of amides is 1. The van der Waals surface area contributed by atoms with Gasteiger partial charge in [0.25, 0.3) is 0 Å². The van der Waals surface area contributed by atoms with E-state index in [-0.39, 0.29) is 11.3 Å². The van der Waals surface area contributed by atoms with Crippen LogP contribution in [0.15, 0.2) is 0 Å². The molecule has 2 nitrogen and oxygen atoms in total. The lowest BCUT2D eigenvalue weighted by atomic mass is 9.90. The number of hydrogen-bond donors (Lipinski definition) is 1. The maximum Gasteiger partial charge on any atom is 0.220 e. The summed E-state index contributed by atoms with van der Waals surface area (Å²) >= 11 is 0. The number of rotatable bonds is 10. The smallest absolute Gasteiger partial charge is 0.220 e. The molecule has 0 fully saturated rings. The van der Waals surface area contributed by atoms with Crippen molar-refractivity contribution in [2.45, 2.75) is 85.5 Å². The molecule has 0 saturated carbocycles. The third-order valence-corrected chi connectivity index (χ3v) is 3.20. The van der Waals surface area contributed by atoms with Gasteiger partial charge >= 0.3 is 0 Å². The topological polar surface area (TPSA) is 29.1 Å².